The molecule has 3 nitrogen and oxygen atoms in total. The molecule has 0 aliphatic heterocycles. The van der Waals surface area contributed by atoms with E-state index in [4.69, 9.17) is 0 Å². The summed E-state index contributed by atoms with van der Waals surface area (Å²) < 4.78 is 0. The fraction of sp³-hybridized carbons (Fsp3) is 0.391. The second-order valence-electron chi connectivity index (χ2n) is 7.83. The zero-order chi connectivity index (χ0) is 18.1. The van der Waals surface area contributed by atoms with Crippen LogP contribution in [0.3, 0.4) is 0 Å². The number of Topliss-reactive ketones (excluding diaryl/α,β-unsaturated/α-hetero) is 1. The van der Waals surface area contributed by atoms with E-state index < -0.39 is 5.97 Å². The highest BCUT2D eigenvalue weighted by atomic mass is 16.4. The van der Waals surface area contributed by atoms with Crippen molar-refractivity contribution in [1.29, 1.82) is 0 Å². The zero-order valence-corrected chi connectivity index (χ0v) is 14.9. The molecule has 0 heterocycles. The Hall–Kier alpha value is -2.42. The van der Waals surface area contributed by atoms with Crippen LogP contribution in [-0.2, 0) is 23.1 Å². The highest BCUT2D eigenvalue weighted by Crippen LogP contribution is 2.50. The number of rotatable bonds is 3. The Balaban J connectivity index is 1.84. The van der Waals surface area contributed by atoms with Gasteiger partial charge in [0.05, 0.1) is 5.56 Å². The molecule has 26 heavy (non-hydrogen) atoms. The third kappa shape index (κ3) is 2.96. The molecule has 3 heteroatoms. The van der Waals surface area contributed by atoms with Crippen LogP contribution in [0.25, 0.3) is 0 Å². The highest BCUT2D eigenvalue weighted by molar-refractivity contribution is 5.88. The minimum atomic E-state index is -0.871. The van der Waals surface area contributed by atoms with Crippen LogP contribution < -0.4 is 0 Å². The predicted octanol–water partition coefficient (Wildman–Crippen LogP) is 4.57. The number of aromatic carboxylic acids is 1. The van der Waals surface area contributed by atoms with Gasteiger partial charge in [0.2, 0.25) is 0 Å². The van der Waals surface area contributed by atoms with Crippen LogP contribution in [0.4, 0.5) is 0 Å². The van der Waals surface area contributed by atoms with Crippen molar-refractivity contribution in [2.45, 2.75) is 50.4 Å². The molecule has 1 saturated carbocycles. The molecular weight excluding hydrogens is 324 g/mol. The van der Waals surface area contributed by atoms with E-state index in [9.17, 15) is 14.7 Å². The molecule has 0 unspecified atom stereocenters. The highest BCUT2D eigenvalue weighted by Gasteiger charge is 2.46. The first-order chi connectivity index (χ1) is 12.6. The largest absolute Gasteiger partial charge is 0.478 e. The maximum atomic E-state index is 12.2. The number of hydrogen-bond acceptors (Lipinski definition) is 2. The second-order valence-corrected chi connectivity index (χ2v) is 7.83. The maximum Gasteiger partial charge on any atom is 0.335 e. The lowest BCUT2D eigenvalue weighted by atomic mass is 9.59. The molecular formula is C23H24O3. The Morgan fingerprint density at radius 1 is 1.12 bits per heavy atom. The molecule has 2 aromatic rings. The summed E-state index contributed by atoms with van der Waals surface area (Å²) in [5.74, 6) is -0.144. The Kier molecular flexibility index (Phi) is 4.39. The van der Waals surface area contributed by atoms with Crippen molar-refractivity contribution >= 4 is 11.8 Å². The number of carboxylic acids is 1. The van der Waals surface area contributed by atoms with Gasteiger partial charge in [0, 0.05) is 18.3 Å². The van der Waals surface area contributed by atoms with Crippen molar-refractivity contribution in [1.82, 2.24) is 0 Å². The Labute approximate surface area is 154 Å². The smallest absolute Gasteiger partial charge is 0.335 e. The normalized spacial score (nSPS) is 25.1. The first-order valence-electron chi connectivity index (χ1n) is 9.51. The Morgan fingerprint density at radius 2 is 1.92 bits per heavy atom. The average Bonchev–Trinajstić information content (AvgIpc) is 2.79. The van der Waals surface area contributed by atoms with Crippen LogP contribution in [-0.4, -0.2) is 16.9 Å². The number of aryl methyl sites for hydroxylation is 1. The van der Waals surface area contributed by atoms with Crippen LogP contribution in [0.5, 0.6) is 0 Å². The van der Waals surface area contributed by atoms with Crippen molar-refractivity contribution in [3.63, 3.8) is 0 Å². The van der Waals surface area contributed by atoms with Crippen LogP contribution in [0.1, 0.15) is 59.2 Å². The van der Waals surface area contributed by atoms with Gasteiger partial charge in [0.25, 0.3) is 0 Å². The molecule has 0 radical (unpaired) electrons. The van der Waals surface area contributed by atoms with Gasteiger partial charge < -0.3 is 5.11 Å². The maximum absolute atomic E-state index is 12.2. The molecule has 2 atom stereocenters. The molecule has 1 N–H and O–H groups in total. The summed E-state index contributed by atoms with van der Waals surface area (Å²) in [4.78, 5) is 23.6. The number of carbonyl (C=O) groups is 2. The average molecular weight is 348 g/mol. The predicted molar refractivity (Wildman–Crippen MR) is 101 cm³/mol. The lowest BCUT2D eigenvalue weighted by molar-refractivity contribution is -0.123. The minimum Gasteiger partial charge on any atom is -0.478 e. The number of carbonyl (C=O) groups excluding carboxylic acids is 1. The number of fused-ring (bicyclic) bond motifs is 3. The van der Waals surface area contributed by atoms with Gasteiger partial charge in [0.1, 0.15) is 5.78 Å². The van der Waals surface area contributed by atoms with E-state index in [2.05, 4.69) is 24.3 Å². The molecule has 0 saturated heterocycles. The molecule has 1 fully saturated rings. The van der Waals surface area contributed by atoms with Crippen LogP contribution in [0.2, 0.25) is 0 Å². The van der Waals surface area contributed by atoms with Gasteiger partial charge in [-0.25, -0.2) is 4.79 Å². The van der Waals surface area contributed by atoms with Crippen molar-refractivity contribution in [2.24, 2.45) is 5.92 Å². The topological polar surface area (TPSA) is 54.4 Å². The van der Waals surface area contributed by atoms with Gasteiger partial charge in [-0.15, -0.1) is 0 Å². The number of ketones is 1. The van der Waals surface area contributed by atoms with Gasteiger partial charge in [0.15, 0.2) is 0 Å². The molecule has 134 valence electrons. The standard InChI is InChI=1S/C23H24O3/c24-20-11-12-23(15-16-5-2-1-3-6-16)19(14-20)8-4-7-17-13-18(22(25)26)9-10-21(17)23/h1-3,5-6,9-10,13,19H,4,7-8,11-12,14-15H2,(H,25,26)/t19-,23+/m0/s1. The fourth-order valence-corrected chi connectivity index (χ4v) is 5.12. The van der Waals surface area contributed by atoms with Gasteiger partial charge in [-0.2, -0.15) is 0 Å². The molecule has 2 aliphatic carbocycles. The summed E-state index contributed by atoms with van der Waals surface area (Å²) in [5.41, 5.74) is 4.04. The molecule has 2 aliphatic rings. The van der Waals surface area contributed by atoms with Crippen LogP contribution in [0.15, 0.2) is 48.5 Å². The van der Waals surface area contributed by atoms with E-state index >= 15 is 0 Å². The van der Waals surface area contributed by atoms with Gasteiger partial charge in [-0.05, 0) is 66.8 Å². The van der Waals surface area contributed by atoms with E-state index in [-0.39, 0.29) is 5.41 Å². The SMILES string of the molecule is O=C1CC[C@]2(Cc3ccccc3)c3ccc(C(=O)O)cc3CCC[C@H]2C1. The fourth-order valence-electron chi connectivity index (χ4n) is 5.12. The zero-order valence-electron chi connectivity index (χ0n) is 14.9. The summed E-state index contributed by atoms with van der Waals surface area (Å²) in [6.45, 7) is 0. The molecule has 0 aromatic heterocycles. The second kappa shape index (κ2) is 6.71. The molecule has 4 rings (SSSR count). The Morgan fingerprint density at radius 3 is 2.69 bits per heavy atom. The summed E-state index contributed by atoms with van der Waals surface area (Å²) in [6, 6.07) is 16.1. The lowest BCUT2D eigenvalue weighted by Crippen LogP contribution is -2.42. The Bertz CT molecular complexity index is 840. The van der Waals surface area contributed by atoms with Crippen molar-refractivity contribution in [3.8, 4) is 0 Å². The van der Waals surface area contributed by atoms with Crippen molar-refractivity contribution < 1.29 is 14.7 Å². The third-order valence-corrected chi connectivity index (χ3v) is 6.36. The summed E-state index contributed by atoms with van der Waals surface area (Å²) >= 11 is 0. The van der Waals surface area contributed by atoms with Crippen LogP contribution >= 0.6 is 0 Å². The van der Waals surface area contributed by atoms with Crippen molar-refractivity contribution in [2.75, 3.05) is 0 Å². The van der Waals surface area contributed by atoms with E-state index in [0.717, 1.165) is 37.7 Å². The molecule has 0 spiro atoms. The number of benzene rings is 2. The van der Waals surface area contributed by atoms with Gasteiger partial charge >= 0.3 is 5.97 Å². The first-order valence-corrected chi connectivity index (χ1v) is 9.51. The van der Waals surface area contributed by atoms with E-state index in [1.807, 2.05) is 18.2 Å². The molecule has 2 aromatic carbocycles. The lowest BCUT2D eigenvalue weighted by Gasteiger charge is -2.44. The number of hydrogen-bond donors (Lipinski definition) is 1. The summed E-state index contributed by atoms with van der Waals surface area (Å²) in [5, 5.41) is 9.38. The minimum absolute atomic E-state index is 0.0574. The van der Waals surface area contributed by atoms with E-state index in [1.54, 1.807) is 6.07 Å². The molecule has 0 bridgehead atoms. The van der Waals surface area contributed by atoms with E-state index in [1.165, 1.54) is 11.1 Å². The monoisotopic (exact) mass is 348 g/mol. The quantitative estimate of drug-likeness (QED) is 0.884. The van der Waals surface area contributed by atoms with Gasteiger partial charge in [-0.1, -0.05) is 36.4 Å². The summed E-state index contributed by atoms with van der Waals surface area (Å²) in [7, 11) is 0. The van der Waals surface area contributed by atoms with Gasteiger partial charge in [-0.3, -0.25) is 4.79 Å². The summed E-state index contributed by atoms with van der Waals surface area (Å²) in [6.07, 6.45) is 6.03. The van der Waals surface area contributed by atoms with Crippen LogP contribution in [0, 0.1) is 5.92 Å². The van der Waals surface area contributed by atoms with E-state index in [0.29, 0.717) is 30.1 Å². The number of carboxylic acid groups (broad SMARTS) is 1. The third-order valence-electron chi connectivity index (χ3n) is 6.36. The first kappa shape index (κ1) is 17.0. The van der Waals surface area contributed by atoms with Crippen molar-refractivity contribution in [3.05, 3.63) is 70.8 Å². The molecule has 0 amide bonds.